The summed E-state index contributed by atoms with van der Waals surface area (Å²) in [6.45, 7) is -0.0216. The average molecular weight is 361 g/mol. The number of aromatic amines is 1. The number of hydrogen-bond donors (Lipinski definition) is 2. The third-order valence-corrected chi connectivity index (χ3v) is 4.00. The summed E-state index contributed by atoms with van der Waals surface area (Å²) in [4.78, 5) is 24.6. The van der Waals surface area contributed by atoms with Gasteiger partial charge < -0.3 is 9.84 Å². The number of carbonyl (C=O) groups excluding carboxylic acids is 2. The number of imide groups is 1. The summed E-state index contributed by atoms with van der Waals surface area (Å²) < 4.78 is 6.54. The molecule has 0 bridgehead atoms. The lowest BCUT2D eigenvalue weighted by atomic mass is 10.2. The largest absolute Gasteiger partial charge is 0.504 e. The Labute approximate surface area is 147 Å². The van der Waals surface area contributed by atoms with Gasteiger partial charge >= 0.3 is 0 Å². The van der Waals surface area contributed by atoms with Crippen LogP contribution in [0.1, 0.15) is 24.2 Å². The highest BCUT2D eigenvalue weighted by molar-refractivity contribution is 7.71. The molecule has 10 heteroatoms. The molecule has 1 saturated heterocycles. The van der Waals surface area contributed by atoms with Crippen molar-refractivity contribution in [2.24, 2.45) is 5.10 Å². The first-order valence-corrected chi connectivity index (χ1v) is 7.82. The van der Waals surface area contributed by atoms with Gasteiger partial charge in [0.25, 0.3) is 0 Å². The second-order valence-corrected chi connectivity index (χ2v) is 5.66. The molecule has 0 unspecified atom stereocenters. The van der Waals surface area contributed by atoms with Gasteiger partial charge in [-0.3, -0.25) is 19.6 Å². The van der Waals surface area contributed by atoms with Gasteiger partial charge in [-0.05, 0) is 24.4 Å². The average Bonchev–Trinajstić information content (AvgIpc) is 3.11. The van der Waals surface area contributed by atoms with Crippen LogP contribution in [0.3, 0.4) is 0 Å². The van der Waals surface area contributed by atoms with Crippen molar-refractivity contribution in [1.82, 2.24) is 19.8 Å². The zero-order valence-electron chi connectivity index (χ0n) is 13.3. The zero-order valence-corrected chi connectivity index (χ0v) is 14.1. The highest BCUT2D eigenvalue weighted by Crippen LogP contribution is 2.28. The smallest absolute Gasteiger partial charge is 0.230 e. The van der Waals surface area contributed by atoms with Crippen LogP contribution in [0.15, 0.2) is 23.3 Å². The summed E-state index contributed by atoms with van der Waals surface area (Å²) in [5.41, 5.74) is 0.418. The van der Waals surface area contributed by atoms with E-state index in [9.17, 15) is 14.7 Å². The van der Waals surface area contributed by atoms with E-state index in [0.717, 1.165) is 4.90 Å². The number of ether oxygens (including phenoxy) is 1. The number of phenols is 1. The van der Waals surface area contributed by atoms with Crippen molar-refractivity contribution >= 4 is 30.2 Å². The fraction of sp³-hybridized carbons (Fsp3) is 0.267. The van der Waals surface area contributed by atoms with Crippen LogP contribution in [0.4, 0.5) is 0 Å². The fourth-order valence-electron chi connectivity index (χ4n) is 2.41. The molecule has 1 aromatic heterocycles. The third-order valence-electron chi connectivity index (χ3n) is 3.73. The van der Waals surface area contributed by atoms with Gasteiger partial charge in [0.1, 0.15) is 0 Å². The number of nitrogens with one attached hydrogen (secondary N) is 1. The number of benzene rings is 1. The minimum Gasteiger partial charge on any atom is -0.504 e. The molecule has 0 aliphatic carbocycles. The molecular formula is C15H15N5O4S. The topological polar surface area (TPSA) is 113 Å². The van der Waals surface area contributed by atoms with E-state index in [-0.39, 0.29) is 41.7 Å². The van der Waals surface area contributed by atoms with Gasteiger partial charge in [0.2, 0.25) is 16.6 Å². The molecule has 3 rings (SSSR count). The van der Waals surface area contributed by atoms with E-state index in [1.807, 2.05) is 0 Å². The number of nitrogens with zero attached hydrogens (tertiary/aromatic N) is 4. The number of carbonyl (C=O) groups is 2. The van der Waals surface area contributed by atoms with Gasteiger partial charge in [0.15, 0.2) is 17.3 Å². The van der Waals surface area contributed by atoms with Crippen molar-refractivity contribution in [3.8, 4) is 11.5 Å². The Morgan fingerprint density at radius 3 is 2.80 bits per heavy atom. The lowest BCUT2D eigenvalue weighted by Gasteiger charge is -2.12. The van der Waals surface area contributed by atoms with Crippen molar-refractivity contribution in [2.45, 2.75) is 19.4 Å². The first-order valence-electron chi connectivity index (χ1n) is 7.41. The number of amides is 2. The quantitative estimate of drug-likeness (QED) is 0.470. The van der Waals surface area contributed by atoms with Crippen molar-refractivity contribution in [2.75, 3.05) is 7.11 Å². The Kier molecular flexibility index (Phi) is 4.61. The Bertz CT molecular complexity index is 901. The van der Waals surface area contributed by atoms with E-state index < -0.39 is 0 Å². The lowest BCUT2D eigenvalue weighted by molar-refractivity contribution is -0.139. The number of aromatic nitrogens is 3. The standard InChI is InChI=1S/C15H15N5O4S/c1-24-10-4-2-3-9(14(10)23)7-16-20-11(17-18-15(20)25)8-19-12(21)5-6-13(19)22/h2-4,7,23H,5-6,8H2,1H3,(H,18,25)/b16-7+. The summed E-state index contributed by atoms with van der Waals surface area (Å²) in [5.74, 6) is 0.0652. The number of phenolic OH excluding ortho intramolecular Hbond substituents is 1. The van der Waals surface area contributed by atoms with Crippen LogP contribution < -0.4 is 4.74 Å². The van der Waals surface area contributed by atoms with Gasteiger partial charge in [-0.25, -0.2) is 0 Å². The normalized spacial score (nSPS) is 14.7. The van der Waals surface area contributed by atoms with Crippen LogP contribution in [-0.2, 0) is 16.1 Å². The first kappa shape index (κ1) is 16.8. The first-order chi connectivity index (χ1) is 12.0. The number of likely N-dealkylation sites (tertiary alicyclic amines) is 1. The maximum Gasteiger partial charge on any atom is 0.230 e. The Balaban J connectivity index is 1.89. The Morgan fingerprint density at radius 2 is 2.12 bits per heavy atom. The number of hydrogen-bond acceptors (Lipinski definition) is 7. The van der Waals surface area contributed by atoms with Crippen molar-refractivity contribution < 1.29 is 19.4 Å². The zero-order chi connectivity index (χ0) is 18.0. The molecule has 25 heavy (non-hydrogen) atoms. The van der Waals surface area contributed by atoms with Crippen LogP contribution in [-0.4, -0.2) is 50.0 Å². The number of para-hydroxylation sites is 1. The third kappa shape index (κ3) is 3.29. The number of aromatic hydroxyl groups is 1. The summed E-state index contributed by atoms with van der Waals surface area (Å²) in [6.07, 6.45) is 1.79. The van der Waals surface area contributed by atoms with Gasteiger partial charge in [-0.2, -0.15) is 14.9 Å². The van der Waals surface area contributed by atoms with Crippen molar-refractivity contribution in [3.63, 3.8) is 0 Å². The van der Waals surface area contributed by atoms with Crippen LogP contribution in [0, 0.1) is 4.77 Å². The molecule has 130 valence electrons. The molecule has 2 amide bonds. The molecule has 1 aromatic carbocycles. The summed E-state index contributed by atoms with van der Waals surface area (Å²) in [5, 5.41) is 20.9. The predicted molar refractivity (Wildman–Crippen MR) is 89.9 cm³/mol. The van der Waals surface area contributed by atoms with E-state index >= 15 is 0 Å². The lowest BCUT2D eigenvalue weighted by Crippen LogP contribution is -2.29. The summed E-state index contributed by atoms with van der Waals surface area (Å²) in [7, 11) is 1.45. The highest BCUT2D eigenvalue weighted by atomic mass is 32.1. The van der Waals surface area contributed by atoms with E-state index in [1.54, 1.807) is 18.2 Å². The van der Waals surface area contributed by atoms with Gasteiger partial charge in [0.05, 0.1) is 19.9 Å². The van der Waals surface area contributed by atoms with E-state index in [1.165, 1.54) is 18.0 Å². The van der Waals surface area contributed by atoms with Crippen LogP contribution in [0.25, 0.3) is 0 Å². The minimum atomic E-state index is -0.250. The molecule has 1 fully saturated rings. The van der Waals surface area contributed by atoms with E-state index in [2.05, 4.69) is 15.3 Å². The second-order valence-electron chi connectivity index (χ2n) is 5.27. The summed E-state index contributed by atoms with van der Waals surface area (Å²) in [6, 6.07) is 4.97. The number of H-pyrrole nitrogens is 1. The monoisotopic (exact) mass is 361 g/mol. The van der Waals surface area contributed by atoms with Gasteiger partial charge in [0, 0.05) is 18.4 Å². The molecule has 0 spiro atoms. The Hall–Kier alpha value is -3.01. The number of rotatable bonds is 5. The van der Waals surface area contributed by atoms with Crippen LogP contribution in [0.2, 0.25) is 0 Å². The molecule has 1 aliphatic rings. The number of methoxy groups -OCH3 is 1. The minimum absolute atomic E-state index is 0.0216. The Morgan fingerprint density at radius 1 is 1.40 bits per heavy atom. The van der Waals surface area contributed by atoms with E-state index in [4.69, 9.17) is 17.0 Å². The molecule has 0 atom stereocenters. The predicted octanol–water partition coefficient (Wildman–Crippen LogP) is 1.19. The van der Waals surface area contributed by atoms with Crippen LogP contribution in [0.5, 0.6) is 11.5 Å². The second kappa shape index (κ2) is 6.85. The molecular weight excluding hydrogens is 346 g/mol. The molecule has 2 aromatic rings. The van der Waals surface area contributed by atoms with Gasteiger partial charge in [-0.15, -0.1) is 0 Å². The van der Waals surface area contributed by atoms with Crippen LogP contribution >= 0.6 is 12.2 Å². The maximum atomic E-state index is 11.7. The molecule has 2 heterocycles. The molecule has 9 nitrogen and oxygen atoms in total. The van der Waals surface area contributed by atoms with Crippen molar-refractivity contribution in [3.05, 3.63) is 34.4 Å². The molecule has 2 N–H and O–H groups in total. The maximum absolute atomic E-state index is 11.7. The SMILES string of the molecule is COc1cccc(/C=N/n2c(CN3C(=O)CCC3=O)n[nH]c2=S)c1O. The molecule has 0 saturated carbocycles. The highest BCUT2D eigenvalue weighted by Gasteiger charge is 2.30. The van der Waals surface area contributed by atoms with Gasteiger partial charge in [-0.1, -0.05) is 6.07 Å². The molecule has 1 aliphatic heterocycles. The summed E-state index contributed by atoms with van der Waals surface area (Å²) >= 11 is 5.13. The molecule has 0 radical (unpaired) electrons. The fourth-order valence-corrected chi connectivity index (χ4v) is 2.61. The van der Waals surface area contributed by atoms with E-state index in [0.29, 0.717) is 17.1 Å². The van der Waals surface area contributed by atoms with Crippen molar-refractivity contribution in [1.29, 1.82) is 0 Å².